The van der Waals surface area contributed by atoms with Gasteiger partial charge in [0.25, 0.3) is 0 Å². The lowest BCUT2D eigenvalue weighted by Crippen LogP contribution is -1.96. The molecule has 0 heterocycles. The lowest BCUT2D eigenvalue weighted by Gasteiger charge is -2.12. The summed E-state index contributed by atoms with van der Waals surface area (Å²) in [6, 6.07) is 5.85. The highest BCUT2D eigenvalue weighted by atomic mass is 35.5. The van der Waals surface area contributed by atoms with Crippen LogP contribution in [0, 0.1) is 0 Å². The van der Waals surface area contributed by atoms with Crippen molar-refractivity contribution >= 4 is 11.6 Å². The molecule has 0 bridgehead atoms. The fourth-order valence-corrected chi connectivity index (χ4v) is 1.63. The fraction of sp³-hybridized carbons (Fsp3) is 0.333. The molecule has 0 atom stereocenters. The predicted molar refractivity (Wildman–Crippen MR) is 61.2 cm³/mol. The van der Waals surface area contributed by atoms with Crippen LogP contribution in [-0.2, 0) is 0 Å². The minimum Gasteiger partial charge on any atom is -0.488 e. The maximum atomic E-state index is 6.18. The summed E-state index contributed by atoms with van der Waals surface area (Å²) in [5.41, 5.74) is 1.12. The number of benzene rings is 1. The van der Waals surface area contributed by atoms with Crippen molar-refractivity contribution in [1.82, 2.24) is 0 Å². The largest absolute Gasteiger partial charge is 0.488 e. The van der Waals surface area contributed by atoms with Crippen LogP contribution in [0.15, 0.2) is 30.9 Å². The molecule has 0 radical (unpaired) electrons. The normalized spacial score (nSPS) is 10.3. The summed E-state index contributed by atoms with van der Waals surface area (Å²) in [5, 5.41) is 0.712. The van der Waals surface area contributed by atoms with E-state index in [0.29, 0.717) is 17.5 Å². The highest BCUT2D eigenvalue weighted by Gasteiger charge is 2.09. The van der Waals surface area contributed by atoms with Gasteiger partial charge in [0, 0.05) is 0 Å². The summed E-state index contributed by atoms with van der Waals surface area (Å²) in [6.45, 7) is 8.30. The maximum Gasteiger partial charge on any atom is 0.138 e. The van der Waals surface area contributed by atoms with Crippen molar-refractivity contribution in [2.45, 2.75) is 19.8 Å². The summed E-state index contributed by atoms with van der Waals surface area (Å²) < 4.78 is 5.43. The van der Waals surface area contributed by atoms with Gasteiger partial charge in [-0.3, -0.25) is 0 Å². The van der Waals surface area contributed by atoms with Crippen molar-refractivity contribution in [1.29, 1.82) is 0 Å². The Morgan fingerprint density at radius 1 is 1.50 bits per heavy atom. The Morgan fingerprint density at radius 3 is 2.79 bits per heavy atom. The smallest absolute Gasteiger partial charge is 0.138 e. The number of rotatable bonds is 4. The second-order valence-corrected chi connectivity index (χ2v) is 3.79. The molecule has 1 nitrogen and oxygen atoms in total. The number of hydrogen-bond donors (Lipinski definition) is 0. The van der Waals surface area contributed by atoms with Gasteiger partial charge in [0.2, 0.25) is 0 Å². The molecule has 1 aromatic carbocycles. The maximum absolute atomic E-state index is 6.18. The van der Waals surface area contributed by atoms with Crippen LogP contribution >= 0.6 is 11.6 Å². The Bertz CT molecular complexity index is 318. The molecule has 0 saturated carbocycles. The quantitative estimate of drug-likeness (QED) is 0.682. The molecule has 0 unspecified atom stereocenters. The Labute approximate surface area is 90.3 Å². The molecule has 0 amide bonds. The zero-order valence-electron chi connectivity index (χ0n) is 8.59. The van der Waals surface area contributed by atoms with Gasteiger partial charge in [-0.25, -0.2) is 0 Å². The van der Waals surface area contributed by atoms with Crippen LogP contribution < -0.4 is 4.74 Å². The van der Waals surface area contributed by atoms with Crippen molar-refractivity contribution < 1.29 is 4.74 Å². The molecular weight excluding hydrogens is 196 g/mol. The summed E-state index contributed by atoms with van der Waals surface area (Å²) in [5.74, 6) is 1.15. The predicted octanol–water partition coefficient (Wildman–Crippen LogP) is 4.03. The molecule has 0 aliphatic heterocycles. The lowest BCUT2D eigenvalue weighted by molar-refractivity contribution is 0.363. The van der Waals surface area contributed by atoms with E-state index >= 15 is 0 Å². The van der Waals surface area contributed by atoms with Gasteiger partial charge in [-0.2, -0.15) is 0 Å². The number of hydrogen-bond acceptors (Lipinski definition) is 1. The van der Waals surface area contributed by atoms with E-state index in [1.807, 2.05) is 18.2 Å². The summed E-state index contributed by atoms with van der Waals surface area (Å²) >= 11 is 6.18. The Hall–Kier alpha value is -0.950. The fourth-order valence-electron chi connectivity index (χ4n) is 1.23. The summed E-state index contributed by atoms with van der Waals surface area (Å²) in [6.07, 6.45) is 1.71. The van der Waals surface area contributed by atoms with Gasteiger partial charge in [0.15, 0.2) is 0 Å². The van der Waals surface area contributed by atoms with Crippen molar-refractivity contribution in [3.63, 3.8) is 0 Å². The molecule has 76 valence electrons. The van der Waals surface area contributed by atoms with Gasteiger partial charge >= 0.3 is 0 Å². The molecule has 0 spiro atoms. The van der Waals surface area contributed by atoms with E-state index in [2.05, 4.69) is 20.4 Å². The van der Waals surface area contributed by atoms with E-state index in [1.54, 1.807) is 6.08 Å². The minimum absolute atomic E-state index is 0.412. The molecule has 0 N–H and O–H groups in total. The zero-order valence-corrected chi connectivity index (χ0v) is 9.34. The zero-order chi connectivity index (χ0) is 10.6. The molecule has 0 aliphatic rings. The molecule has 0 aliphatic carbocycles. The standard InChI is InChI=1S/C12H15ClO/c1-4-8-14-11-7-5-6-10(9(2)3)12(11)13/h4-7,9H,1,8H2,2-3H3. The van der Waals surface area contributed by atoms with Gasteiger partial charge < -0.3 is 4.74 Å². The summed E-state index contributed by atoms with van der Waals surface area (Å²) in [7, 11) is 0. The highest BCUT2D eigenvalue weighted by Crippen LogP contribution is 2.32. The van der Waals surface area contributed by atoms with E-state index in [9.17, 15) is 0 Å². The first kappa shape index (κ1) is 11.1. The molecule has 0 saturated heterocycles. The SMILES string of the molecule is C=CCOc1cccc(C(C)C)c1Cl. The van der Waals surface area contributed by atoms with Gasteiger partial charge in [0.1, 0.15) is 12.4 Å². The lowest BCUT2D eigenvalue weighted by atomic mass is 10.0. The molecule has 0 aromatic heterocycles. The second-order valence-electron chi connectivity index (χ2n) is 3.41. The second kappa shape index (κ2) is 5.06. The van der Waals surface area contributed by atoms with Crippen LogP contribution in [0.5, 0.6) is 5.75 Å². The van der Waals surface area contributed by atoms with Crippen molar-refractivity contribution in [3.05, 3.63) is 41.4 Å². The van der Waals surface area contributed by atoms with E-state index in [1.165, 1.54) is 0 Å². The van der Waals surface area contributed by atoms with Crippen molar-refractivity contribution in [3.8, 4) is 5.75 Å². The van der Waals surface area contributed by atoms with E-state index in [4.69, 9.17) is 16.3 Å². The third kappa shape index (κ3) is 2.52. The van der Waals surface area contributed by atoms with Crippen LogP contribution in [0.4, 0.5) is 0 Å². The van der Waals surface area contributed by atoms with Gasteiger partial charge in [-0.15, -0.1) is 0 Å². The average Bonchev–Trinajstić information content (AvgIpc) is 2.16. The van der Waals surface area contributed by atoms with E-state index < -0.39 is 0 Å². The first-order valence-corrected chi connectivity index (χ1v) is 5.06. The third-order valence-electron chi connectivity index (χ3n) is 1.97. The first-order valence-electron chi connectivity index (χ1n) is 4.69. The Morgan fingerprint density at radius 2 is 2.21 bits per heavy atom. The Kier molecular flexibility index (Phi) is 4.02. The third-order valence-corrected chi connectivity index (χ3v) is 2.38. The van der Waals surface area contributed by atoms with Gasteiger partial charge in [0.05, 0.1) is 5.02 Å². The van der Waals surface area contributed by atoms with Crippen LogP contribution in [0.25, 0.3) is 0 Å². The number of halogens is 1. The van der Waals surface area contributed by atoms with Crippen LogP contribution in [0.2, 0.25) is 5.02 Å². The Balaban J connectivity index is 2.95. The molecule has 0 fully saturated rings. The van der Waals surface area contributed by atoms with Crippen molar-refractivity contribution in [2.24, 2.45) is 0 Å². The van der Waals surface area contributed by atoms with Gasteiger partial charge in [-0.1, -0.05) is 50.2 Å². The monoisotopic (exact) mass is 210 g/mol. The molecular formula is C12H15ClO. The van der Waals surface area contributed by atoms with Crippen LogP contribution in [0.3, 0.4) is 0 Å². The molecule has 2 heteroatoms. The van der Waals surface area contributed by atoms with Crippen molar-refractivity contribution in [2.75, 3.05) is 6.61 Å². The molecule has 14 heavy (non-hydrogen) atoms. The minimum atomic E-state index is 0.412. The highest BCUT2D eigenvalue weighted by molar-refractivity contribution is 6.32. The summed E-state index contributed by atoms with van der Waals surface area (Å²) in [4.78, 5) is 0. The van der Waals surface area contributed by atoms with E-state index in [0.717, 1.165) is 11.3 Å². The molecule has 1 aromatic rings. The topological polar surface area (TPSA) is 9.23 Å². The first-order chi connectivity index (χ1) is 6.66. The van der Waals surface area contributed by atoms with Crippen LogP contribution in [0.1, 0.15) is 25.3 Å². The van der Waals surface area contributed by atoms with Crippen LogP contribution in [-0.4, -0.2) is 6.61 Å². The van der Waals surface area contributed by atoms with E-state index in [-0.39, 0.29) is 0 Å². The molecule has 1 rings (SSSR count). The van der Waals surface area contributed by atoms with Gasteiger partial charge in [-0.05, 0) is 17.5 Å². The number of ether oxygens (including phenoxy) is 1. The average molecular weight is 211 g/mol.